The van der Waals surface area contributed by atoms with Crippen molar-refractivity contribution in [3.05, 3.63) is 54.0 Å². The average molecular weight is 457 g/mol. The van der Waals surface area contributed by atoms with Crippen molar-refractivity contribution in [1.29, 1.82) is 0 Å². The van der Waals surface area contributed by atoms with Crippen LogP contribution < -0.4 is 4.74 Å². The lowest BCUT2D eigenvalue weighted by Gasteiger charge is -2.46. The van der Waals surface area contributed by atoms with Crippen molar-refractivity contribution in [2.24, 2.45) is 11.3 Å². The first-order valence-corrected chi connectivity index (χ1v) is 10.5. The Kier molecular flexibility index (Phi) is 4.08. The van der Waals surface area contributed by atoms with E-state index in [0.29, 0.717) is 30.0 Å². The second kappa shape index (κ2) is 6.72. The summed E-state index contributed by atoms with van der Waals surface area (Å²) in [6, 6.07) is 3.35. The number of carbonyl (C=O) groups excluding carboxylic acids is 1. The molecule has 2 aliphatic carbocycles. The molecule has 4 unspecified atom stereocenters. The van der Waals surface area contributed by atoms with Gasteiger partial charge in [-0.15, -0.1) is 4.80 Å². The average Bonchev–Trinajstić information content (AvgIpc) is 3.14. The van der Waals surface area contributed by atoms with Crippen LogP contribution in [0.3, 0.4) is 0 Å². The molecule has 4 heterocycles. The summed E-state index contributed by atoms with van der Waals surface area (Å²) in [5, 5.41) is 8.25. The lowest BCUT2D eigenvalue weighted by atomic mass is 9.73. The van der Waals surface area contributed by atoms with Gasteiger partial charge in [-0.1, -0.05) is 0 Å². The van der Waals surface area contributed by atoms with Crippen LogP contribution in [0.4, 0.5) is 13.2 Å². The molecule has 0 bridgehead atoms. The van der Waals surface area contributed by atoms with E-state index in [2.05, 4.69) is 25.1 Å². The van der Waals surface area contributed by atoms with E-state index in [9.17, 15) is 18.0 Å². The van der Waals surface area contributed by atoms with Crippen molar-refractivity contribution >= 4 is 5.91 Å². The number of rotatable bonds is 4. The molecule has 3 aromatic rings. The first-order valence-electron chi connectivity index (χ1n) is 10.5. The SMILES string of the molecule is Cc1ccc(-n2nccn2)c(C(=O)N2CC3CC34CC(Oc3cnc(C(F)(F)F)cn3)C24)n1. The smallest absolute Gasteiger partial charge is 0.434 e. The molecular weight excluding hydrogens is 439 g/mol. The molecule has 0 aromatic carbocycles. The van der Waals surface area contributed by atoms with Crippen LogP contribution >= 0.6 is 0 Å². The van der Waals surface area contributed by atoms with Crippen LogP contribution in [0.5, 0.6) is 5.88 Å². The summed E-state index contributed by atoms with van der Waals surface area (Å²) in [6.45, 7) is 2.39. The molecule has 1 aliphatic heterocycles. The number of alkyl halides is 3. The Hall–Kier alpha value is -3.57. The molecule has 33 heavy (non-hydrogen) atoms. The number of carbonyl (C=O) groups is 1. The maximum absolute atomic E-state index is 13.6. The predicted octanol–water partition coefficient (Wildman–Crippen LogP) is 2.46. The Balaban J connectivity index is 1.26. The summed E-state index contributed by atoms with van der Waals surface area (Å²) in [5.74, 6) is 0.157. The highest BCUT2D eigenvalue weighted by Crippen LogP contribution is 2.71. The molecule has 6 rings (SSSR count). The van der Waals surface area contributed by atoms with Crippen molar-refractivity contribution in [1.82, 2.24) is 34.8 Å². The minimum absolute atomic E-state index is 0.00754. The zero-order valence-electron chi connectivity index (χ0n) is 17.4. The molecule has 170 valence electrons. The monoisotopic (exact) mass is 457 g/mol. The molecule has 1 spiro atoms. The number of hydrogen-bond acceptors (Lipinski definition) is 7. The van der Waals surface area contributed by atoms with Crippen molar-refractivity contribution in [3.8, 4) is 11.6 Å². The summed E-state index contributed by atoms with van der Waals surface area (Å²) in [5.41, 5.74) is 0.353. The van der Waals surface area contributed by atoms with E-state index in [1.807, 2.05) is 0 Å². The molecule has 3 aromatic heterocycles. The number of aryl methyl sites for hydroxylation is 1. The van der Waals surface area contributed by atoms with Crippen LogP contribution in [0.2, 0.25) is 0 Å². The first kappa shape index (κ1) is 20.1. The maximum atomic E-state index is 13.6. The number of halogens is 3. The summed E-state index contributed by atoms with van der Waals surface area (Å²) in [6.07, 6.45) is 1.47. The second-order valence-electron chi connectivity index (χ2n) is 8.77. The van der Waals surface area contributed by atoms with E-state index in [4.69, 9.17) is 4.74 Å². The first-order chi connectivity index (χ1) is 15.8. The van der Waals surface area contributed by atoms with E-state index < -0.39 is 11.9 Å². The standard InChI is InChI=1S/C21H18F3N7O2/c1-11-2-3-13(31-27-4-5-28-31)17(29-11)19(32)30-10-12-6-20(12)7-14(18(20)30)33-16-9-25-15(8-26-16)21(22,23)24/h2-5,8-9,12,14,18H,6-7,10H2,1H3. The molecule has 3 fully saturated rings. The van der Waals surface area contributed by atoms with E-state index in [1.165, 1.54) is 17.2 Å². The van der Waals surface area contributed by atoms with Gasteiger partial charge in [-0.25, -0.2) is 15.0 Å². The summed E-state index contributed by atoms with van der Waals surface area (Å²) >= 11 is 0. The van der Waals surface area contributed by atoms with E-state index in [-0.39, 0.29) is 35.0 Å². The van der Waals surface area contributed by atoms with Gasteiger partial charge in [-0.2, -0.15) is 23.4 Å². The minimum Gasteiger partial charge on any atom is -0.471 e. The van der Waals surface area contributed by atoms with Crippen molar-refractivity contribution < 1.29 is 22.7 Å². The molecule has 12 heteroatoms. The highest BCUT2D eigenvalue weighted by Gasteiger charge is 2.76. The molecule has 1 amide bonds. The van der Waals surface area contributed by atoms with Gasteiger partial charge in [0.1, 0.15) is 11.8 Å². The van der Waals surface area contributed by atoms with Gasteiger partial charge in [0.25, 0.3) is 5.91 Å². The van der Waals surface area contributed by atoms with Crippen LogP contribution in [0.25, 0.3) is 5.69 Å². The molecule has 2 saturated carbocycles. The number of ether oxygens (including phenoxy) is 1. The molecule has 3 aliphatic rings. The quantitative estimate of drug-likeness (QED) is 0.594. The molecule has 0 radical (unpaired) electrons. The molecule has 1 saturated heterocycles. The van der Waals surface area contributed by atoms with Crippen molar-refractivity contribution in [2.45, 2.75) is 38.1 Å². The number of hydrogen-bond donors (Lipinski definition) is 0. The third-order valence-corrected chi connectivity index (χ3v) is 6.86. The number of aromatic nitrogens is 6. The zero-order chi connectivity index (χ0) is 23.0. The largest absolute Gasteiger partial charge is 0.471 e. The molecule has 4 atom stereocenters. The molecule has 0 N–H and O–H groups in total. The summed E-state index contributed by atoms with van der Waals surface area (Å²) < 4.78 is 44.1. The van der Waals surface area contributed by atoms with E-state index >= 15 is 0 Å². The van der Waals surface area contributed by atoms with Crippen LogP contribution in [-0.4, -0.2) is 59.4 Å². The Morgan fingerprint density at radius 2 is 1.94 bits per heavy atom. The van der Waals surface area contributed by atoms with Gasteiger partial charge in [-0.3, -0.25) is 4.79 Å². The summed E-state index contributed by atoms with van der Waals surface area (Å²) in [4.78, 5) is 28.4. The fourth-order valence-electron chi connectivity index (χ4n) is 5.28. The maximum Gasteiger partial charge on any atom is 0.434 e. The van der Waals surface area contributed by atoms with E-state index in [0.717, 1.165) is 19.0 Å². The Morgan fingerprint density at radius 3 is 2.64 bits per heavy atom. The van der Waals surface area contributed by atoms with Gasteiger partial charge in [0.05, 0.1) is 30.8 Å². The molecule has 9 nitrogen and oxygen atoms in total. The lowest BCUT2D eigenvalue weighted by Crippen LogP contribution is -2.59. The summed E-state index contributed by atoms with van der Waals surface area (Å²) in [7, 11) is 0. The predicted molar refractivity (Wildman–Crippen MR) is 105 cm³/mol. The topological polar surface area (TPSA) is 98.9 Å². The van der Waals surface area contributed by atoms with Gasteiger partial charge in [-0.05, 0) is 37.8 Å². The third kappa shape index (κ3) is 3.07. The van der Waals surface area contributed by atoms with Gasteiger partial charge in [0.15, 0.2) is 11.4 Å². The van der Waals surface area contributed by atoms with Gasteiger partial charge >= 0.3 is 6.18 Å². The lowest BCUT2D eigenvalue weighted by molar-refractivity contribution is -0.141. The minimum atomic E-state index is -4.57. The number of nitrogens with zero attached hydrogens (tertiary/aromatic N) is 7. The second-order valence-corrected chi connectivity index (χ2v) is 8.77. The van der Waals surface area contributed by atoms with Crippen LogP contribution in [-0.2, 0) is 6.18 Å². The Labute approximate surface area is 185 Å². The van der Waals surface area contributed by atoms with Gasteiger partial charge < -0.3 is 9.64 Å². The van der Waals surface area contributed by atoms with Crippen LogP contribution in [0.1, 0.15) is 34.7 Å². The van der Waals surface area contributed by atoms with Gasteiger partial charge in [0, 0.05) is 17.7 Å². The van der Waals surface area contributed by atoms with Crippen molar-refractivity contribution in [3.63, 3.8) is 0 Å². The number of amides is 1. The third-order valence-electron chi connectivity index (χ3n) is 6.86. The van der Waals surface area contributed by atoms with Crippen LogP contribution in [0.15, 0.2) is 36.9 Å². The van der Waals surface area contributed by atoms with Crippen LogP contribution in [0, 0.1) is 18.3 Å². The van der Waals surface area contributed by atoms with Gasteiger partial charge in [0.2, 0.25) is 5.88 Å². The zero-order valence-corrected chi connectivity index (χ0v) is 17.4. The Bertz CT molecular complexity index is 1230. The number of pyridine rings is 1. The highest BCUT2D eigenvalue weighted by molar-refractivity contribution is 5.96. The fourth-order valence-corrected chi connectivity index (χ4v) is 5.28. The fraction of sp³-hybridized carbons (Fsp3) is 0.429. The highest BCUT2D eigenvalue weighted by atomic mass is 19.4. The van der Waals surface area contributed by atoms with Crippen molar-refractivity contribution in [2.75, 3.05) is 6.54 Å². The molecular formula is C21H18F3N7O2. The number of piperidine rings is 1. The normalized spacial score (nSPS) is 27.5. The Morgan fingerprint density at radius 1 is 1.15 bits per heavy atom. The van der Waals surface area contributed by atoms with E-state index in [1.54, 1.807) is 24.0 Å². The number of likely N-dealkylation sites (tertiary alicyclic amines) is 1.